The Kier molecular flexibility index (Phi) is 5.49. The summed E-state index contributed by atoms with van der Waals surface area (Å²) in [7, 11) is 3.83. The Balaban J connectivity index is 1.96. The number of nitrogens with zero attached hydrogens (tertiary/aromatic N) is 1. The van der Waals surface area contributed by atoms with E-state index in [9.17, 15) is 0 Å². The molecular weight excluding hydrogens is 260 g/mol. The van der Waals surface area contributed by atoms with E-state index in [1.54, 1.807) is 7.11 Å². The van der Waals surface area contributed by atoms with Gasteiger partial charge in [-0.1, -0.05) is 24.1 Å². The summed E-state index contributed by atoms with van der Waals surface area (Å²) in [5, 5.41) is 4.35. The van der Waals surface area contributed by atoms with E-state index >= 15 is 0 Å². The first-order valence-corrected chi connectivity index (χ1v) is 7.32. The molecule has 1 atom stereocenters. The smallest absolute Gasteiger partial charge is 0.124 e. The van der Waals surface area contributed by atoms with Crippen molar-refractivity contribution >= 4 is 11.6 Å². The highest BCUT2D eigenvalue weighted by Crippen LogP contribution is 2.27. The fourth-order valence-electron chi connectivity index (χ4n) is 2.67. The van der Waals surface area contributed by atoms with Crippen molar-refractivity contribution in [1.82, 2.24) is 10.2 Å². The maximum atomic E-state index is 6.27. The highest BCUT2D eigenvalue weighted by molar-refractivity contribution is 6.31. The first-order chi connectivity index (χ1) is 9.20. The first kappa shape index (κ1) is 14.6. The van der Waals surface area contributed by atoms with Gasteiger partial charge in [-0.2, -0.15) is 0 Å². The van der Waals surface area contributed by atoms with Crippen molar-refractivity contribution in [3.8, 4) is 5.75 Å². The molecular formula is C15H23ClN2O. The number of ether oxygens (including phenoxy) is 1. The van der Waals surface area contributed by atoms with Crippen molar-refractivity contribution in [2.45, 2.75) is 31.8 Å². The monoisotopic (exact) mass is 282 g/mol. The van der Waals surface area contributed by atoms with Gasteiger partial charge in [-0.05, 0) is 38.6 Å². The lowest BCUT2D eigenvalue weighted by Gasteiger charge is -2.28. The van der Waals surface area contributed by atoms with Crippen LogP contribution in [0.3, 0.4) is 0 Å². The lowest BCUT2D eigenvalue weighted by Crippen LogP contribution is -2.42. The molecule has 0 amide bonds. The predicted molar refractivity (Wildman–Crippen MR) is 80.0 cm³/mol. The lowest BCUT2D eigenvalue weighted by molar-refractivity contribution is 0.253. The van der Waals surface area contributed by atoms with E-state index in [0.29, 0.717) is 6.04 Å². The Hall–Kier alpha value is -0.770. The molecule has 2 rings (SSSR count). The van der Waals surface area contributed by atoms with Gasteiger partial charge >= 0.3 is 0 Å². The van der Waals surface area contributed by atoms with Gasteiger partial charge in [-0.15, -0.1) is 0 Å². The molecule has 1 saturated heterocycles. The molecule has 106 valence electrons. The standard InChI is InChI=1S/C15H23ClN2O/c1-18(10-12-6-3-4-9-17-12)11-13-14(16)7-5-8-15(13)19-2/h5,7-8,12,17H,3-4,6,9-11H2,1-2H3. The normalized spacial score (nSPS) is 19.7. The molecule has 0 spiro atoms. The molecule has 1 aromatic rings. The number of hydrogen-bond donors (Lipinski definition) is 1. The van der Waals surface area contributed by atoms with Crippen LogP contribution in [-0.4, -0.2) is 38.2 Å². The molecule has 19 heavy (non-hydrogen) atoms. The third-order valence-corrected chi connectivity index (χ3v) is 4.02. The van der Waals surface area contributed by atoms with Gasteiger partial charge < -0.3 is 15.0 Å². The van der Waals surface area contributed by atoms with Crippen LogP contribution in [0.1, 0.15) is 24.8 Å². The molecule has 3 nitrogen and oxygen atoms in total. The quantitative estimate of drug-likeness (QED) is 0.899. The molecule has 1 N–H and O–H groups in total. The zero-order chi connectivity index (χ0) is 13.7. The molecule has 0 saturated carbocycles. The van der Waals surface area contributed by atoms with E-state index in [1.165, 1.54) is 19.3 Å². The van der Waals surface area contributed by atoms with Crippen LogP contribution in [0.2, 0.25) is 5.02 Å². The minimum absolute atomic E-state index is 0.604. The second-order valence-electron chi connectivity index (χ2n) is 5.26. The average molecular weight is 283 g/mol. The number of benzene rings is 1. The van der Waals surface area contributed by atoms with Gasteiger partial charge in [0.15, 0.2) is 0 Å². The lowest BCUT2D eigenvalue weighted by atomic mass is 10.0. The van der Waals surface area contributed by atoms with Crippen molar-refractivity contribution in [3.05, 3.63) is 28.8 Å². The third kappa shape index (κ3) is 4.10. The van der Waals surface area contributed by atoms with E-state index in [-0.39, 0.29) is 0 Å². The summed E-state index contributed by atoms with van der Waals surface area (Å²) in [6.45, 7) is 3.02. The molecule has 1 fully saturated rings. The number of rotatable bonds is 5. The largest absolute Gasteiger partial charge is 0.496 e. The van der Waals surface area contributed by atoms with Crippen LogP contribution in [-0.2, 0) is 6.54 Å². The zero-order valence-corrected chi connectivity index (χ0v) is 12.5. The summed E-state index contributed by atoms with van der Waals surface area (Å²) in [5.41, 5.74) is 1.07. The van der Waals surface area contributed by atoms with E-state index in [4.69, 9.17) is 16.3 Å². The fraction of sp³-hybridized carbons (Fsp3) is 0.600. The summed E-state index contributed by atoms with van der Waals surface area (Å²) < 4.78 is 5.39. The van der Waals surface area contributed by atoms with E-state index in [1.807, 2.05) is 18.2 Å². The predicted octanol–water partition coefficient (Wildman–Crippen LogP) is 2.92. The minimum Gasteiger partial charge on any atom is -0.496 e. The van der Waals surface area contributed by atoms with Gasteiger partial charge in [0.05, 0.1) is 7.11 Å². The molecule has 1 unspecified atom stereocenters. The SMILES string of the molecule is COc1cccc(Cl)c1CN(C)CC1CCCCN1. The maximum Gasteiger partial charge on any atom is 0.124 e. The number of piperidine rings is 1. The van der Waals surface area contributed by atoms with E-state index < -0.39 is 0 Å². The Bertz CT molecular complexity index is 405. The van der Waals surface area contributed by atoms with Crippen LogP contribution in [0, 0.1) is 0 Å². The van der Waals surface area contributed by atoms with Gasteiger partial charge in [0, 0.05) is 29.7 Å². The maximum absolute atomic E-state index is 6.27. The molecule has 0 bridgehead atoms. The molecule has 1 heterocycles. The summed E-state index contributed by atoms with van der Waals surface area (Å²) in [5.74, 6) is 0.871. The van der Waals surface area contributed by atoms with Crippen LogP contribution >= 0.6 is 11.6 Å². The highest BCUT2D eigenvalue weighted by Gasteiger charge is 2.16. The van der Waals surface area contributed by atoms with Crippen molar-refractivity contribution < 1.29 is 4.74 Å². The summed E-state index contributed by atoms with van der Waals surface area (Å²) in [6.07, 6.45) is 3.91. The fourth-order valence-corrected chi connectivity index (χ4v) is 2.90. The zero-order valence-electron chi connectivity index (χ0n) is 11.8. The van der Waals surface area contributed by atoms with E-state index in [2.05, 4.69) is 17.3 Å². The van der Waals surface area contributed by atoms with Crippen LogP contribution < -0.4 is 10.1 Å². The Labute approximate surface area is 120 Å². The van der Waals surface area contributed by atoms with Crippen molar-refractivity contribution in [2.24, 2.45) is 0 Å². The van der Waals surface area contributed by atoms with Gasteiger partial charge in [-0.3, -0.25) is 0 Å². The Morgan fingerprint density at radius 1 is 1.42 bits per heavy atom. The Morgan fingerprint density at radius 2 is 2.26 bits per heavy atom. The van der Waals surface area contributed by atoms with Crippen LogP contribution in [0.15, 0.2) is 18.2 Å². The summed E-state index contributed by atoms with van der Waals surface area (Å²) in [4.78, 5) is 2.31. The molecule has 0 aromatic heterocycles. The van der Waals surface area contributed by atoms with Gasteiger partial charge in [0.1, 0.15) is 5.75 Å². The minimum atomic E-state index is 0.604. The van der Waals surface area contributed by atoms with Crippen LogP contribution in [0.25, 0.3) is 0 Å². The third-order valence-electron chi connectivity index (χ3n) is 3.67. The number of likely N-dealkylation sites (N-methyl/N-ethyl adjacent to an activating group) is 1. The number of halogens is 1. The van der Waals surface area contributed by atoms with Crippen molar-refractivity contribution in [3.63, 3.8) is 0 Å². The van der Waals surface area contributed by atoms with E-state index in [0.717, 1.165) is 36.0 Å². The number of methoxy groups -OCH3 is 1. The van der Waals surface area contributed by atoms with Crippen molar-refractivity contribution in [2.75, 3.05) is 27.2 Å². The van der Waals surface area contributed by atoms with Crippen LogP contribution in [0.4, 0.5) is 0 Å². The molecule has 0 radical (unpaired) electrons. The van der Waals surface area contributed by atoms with Crippen molar-refractivity contribution in [1.29, 1.82) is 0 Å². The second kappa shape index (κ2) is 7.13. The first-order valence-electron chi connectivity index (χ1n) is 6.94. The number of hydrogen-bond acceptors (Lipinski definition) is 3. The second-order valence-corrected chi connectivity index (χ2v) is 5.67. The topological polar surface area (TPSA) is 24.5 Å². The molecule has 0 aliphatic carbocycles. The summed E-state index contributed by atoms with van der Waals surface area (Å²) >= 11 is 6.27. The molecule has 1 aliphatic rings. The van der Waals surface area contributed by atoms with Gasteiger partial charge in [0.2, 0.25) is 0 Å². The van der Waals surface area contributed by atoms with Gasteiger partial charge in [0.25, 0.3) is 0 Å². The average Bonchev–Trinajstić information content (AvgIpc) is 2.42. The molecule has 1 aliphatic heterocycles. The summed E-state index contributed by atoms with van der Waals surface area (Å²) in [6, 6.07) is 6.42. The molecule has 4 heteroatoms. The Morgan fingerprint density at radius 3 is 2.95 bits per heavy atom. The highest BCUT2D eigenvalue weighted by atomic mass is 35.5. The van der Waals surface area contributed by atoms with Gasteiger partial charge in [-0.25, -0.2) is 0 Å². The molecule has 1 aromatic carbocycles. The van der Waals surface area contributed by atoms with Crippen LogP contribution in [0.5, 0.6) is 5.75 Å². The number of nitrogens with one attached hydrogen (secondary N) is 1.